The molecule has 0 amide bonds. The molecule has 0 unspecified atom stereocenters. The maximum atomic E-state index is 14.3. The van der Waals surface area contributed by atoms with Crippen LogP contribution < -0.4 is 4.74 Å². The quantitative estimate of drug-likeness (QED) is 0.367. The van der Waals surface area contributed by atoms with Crippen LogP contribution in [0.15, 0.2) is 30.3 Å². The van der Waals surface area contributed by atoms with Crippen LogP contribution in [0.25, 0.3) is 10.8 Å². The van der Waals surface area contributed by atoms with Gasteiger partial charge >= 0.3 is 6.36 Å². The fraction of sp³-hybridized carbons (Fsp3) is 0.545. The number of benzene rings is 2. The summed E-state index contributed by atoms with van der Waals surface area (Å²) in [4.78, 5) is 0. The van der Waals surface area contributed by atoms with Crippen LogP contribution in [0, 0.1) is 11.7 Å². The molecule has 5 heteroatoms. The van der Waals surface area contributed by atoms with Gasteiger partial charge in [-0.1, -0.05) is 56.9 Å². The van der Waals surface area contributed by atoms with E-state index in [1.165, 1.54) is 44.6 Å². The van der Waals surface area contributed by atoms with E-state index in [0.29, 0.717) is 11.3 Å². The Morgan fingerprint density at radius 2 is 1.74 bits per heavy atom. The van der Waals surface area contributed by atoms with Crippen molar-refractivity contribution < 1.29 is 22.3 Å². The monoisotopic (exact) mass is 382 g/mol. The van der Waals surface area contributed by atoms with E-state index in [4.69, 9.17) is 0 Å². The summed E-state index contributed by atoms with van der Waals surface area (Å²) in [5, 5.41) is 0.776. The molecule has 0 N–H and O–H groups in total. The highest BCUT2D eigenvalue weighted by atomic mass is 19.4. The van der Waals surface area contributed by atoms with Crippen molar-refractivity contribution >= 4 is 10.8 Å². The second-order valence-electron chi connectivity index (χ2n) is 7.62. The largest absolute Gasteiger partial charge is 0.573 e. The van der Waals surface area contributed by atoms with Crippen molar-refractivity contribution in [1.82, 2.24) is 0 Å². The van der Waals surface area contributed by atoms with E-state index in [2.05, 4.69) is 11.7 Å². The summed E-state index contributed by atoms with van der Waals surface area (Å²) in [5.41, 5.74) is 1.15. The molecule has 2 aromatic carbocycles. The first-order valence-corrected chi connectivity index (χ1v) is 9.85. The number of halogens is 4. The molecule has 27 heavy (non-hydrogen) atoms. The number of fused-ring (bicyclic) bond motifs is 1. The number of rotatable bonds is 6. The molecular weight excluding hydrogens is 356 g/mol. The molecule has 1 aliphatic carbocycles. The highest BCUT2D eigenvalue weighted by Crippen LogP contribution is 2.39. The summed E-state index contributed by atoms with van der Waals surface area (Å²) < 4.78 is 55.2. The smallest absolute Gasteiger partial charge is 0.403 e. The minimum atomic E-state index is -4.90. The van der Waals surface area contributed by atoms with E-state index >= 15 is 0 Å². The Morgan fingerprint density at radius 3 is 2.41 bits per heavy atom. The molecule has 148 valence electrons. The van der Waals surface area contributed by atoms with Gasteiger partial charge in [-0.2, -0.15) is 0 Å². The third kappa shape index (κ3) is 5.14. The van der Waals surface area contributed by atoms with Crippen LogP contribution in [0.3, 0.4) is 0 Å². The van der Waals surface area contributed by atoms with Crippen molar-refractivity contribution in [1.29, 1.82) is 0 Å². The SMILES string of the molecule is CCCCCC1CCC(c2ccc3c(F)c(OC(F)(F)F)ccc3c2)CC1. The number of ether oxygens (including phenoxy) is 1. The Labute approximate surface area is 157 Å². The molecule has 0 spiro atoms. The Kier molecular flexibility index (Phi) is 6.28. The summed E-state index contributed by atoms with van der Waals surface area (Å²) in [5.74, 6) is -0.481. The lowest BCUT2D eigenvalue weighted by Crippen LogP contribution is -2.18. The Morgan fingerprint density at radius 1 is 1.00 bits per heavy atom. The number of hydrogen-bond donors (Lipinski definition) is 0. The predicted octanol–water partition coefficient (Wildman–Crippen LogP) is 7.73. The first kappa shape index (κ1) is 20.0. The van der Waals surface area contributed by atoms with Gasteiger partial charge in [0.1, 0.15) is 0 Å². The van der Waals surface area contributed by atoms with Crippen LogP contribution in [0.5, 0.6) is 5.75 Å². The van der Waals surface area contributed by atoms with Crippen molar-refractivity contribution in [2.45, 2.75) is 70.6 Å². The maximum absolute atomic E-state index is 14.3. The second-order valence-corrected chi connectivity index (χ2v) is 7.62. The normalized spacial score (nSPS) is 20.8. The molecule has 0 saturated heterocycles. The van der Waals surface area contributed by atoms with Crippen LogP contribution in [-0.4, -0.2) is 6.36 Å². The topological polar surface area (TPSA) is 9.23 Å². The first-order chi connectivity index (χ1) is 12.9. The van der Waals surface area contributed by atoms with E-state index in [1.807, 2.05) is 12.1 Å². The third-order valence-electron chi connectivity index (χ3n) is 5.70. The molecule has 1 fully saturated rings. The van der Waals surface area contributed by atoms with Crippen molar-refractivity contribution in [3.05, 3.63) is 41.7 Å². The zero-order valence-corrected chi connectivity index (χ0v) is 15.6. The van der Waals surface area contributed by atoms with Gasteiger partial charge in [0.2, 0.25) is 0 Å². The van der Waals surface area contributed by atoms with Crippen LogP contribution >= 0.6 is 0 Å². The van der Waals surface area contributed by atoms with E-state index in [0.717, 1.165) is 30.4 Å². The van der Waals surface area contributed by atoms with Gasteiger partial charge in [-0.05, 0) is 54.5 Å². The number of alkyl halides is 3. The molecule has 0 radical (unpaired) electrons. The third-order valence-corrected chi connectivity index (χ3v) is 5.70. The van der Waals surface area contributed by atoms with Gasteiger partial charge in [-0.25, -0.2) is 4.39 Å². The zero-order chi connectivity index (χ0) is 19.4. The van der Waals surface area contributed by atoms with E-state index in [9.17, 15) is 17.6 Å². The van der Waals surface area contributed by atoms with Gasteiger partial charge in [-0.15, -0.1) is 13.2 Å². The van der Waals surface area contributed by atoms with Gasteiger partial charge in [0.15, 0.2) is 11.6 Å². The molecule has 2 aromatic rings. The lowest BCUT2D eigenvalue weighted by atomic mass is 9.77. The molecule has 1 saturated carbocycles. The standard InChI is InChI=1S/C22H26F4O/c1-2-3-4-5-15-6-8-16(9-7-15)17-10-12-19-18(14-17)11-13-20(21(19)23)27-22(24,25)26/h10-16H,2-9H2,1H3. The molecule has 3 rings (SSSR count). The van der Waals surface area contributed by atoms with Crippen LogP contribution in [0.1, 0.15) is 69.8 Å². The Balaban J connectivity index is 1.70. The van der Waals surface area contributed by atoms with E-state index in [1.54, 1.807) is 6.07 Å². The minimum absolute atomic E-state index is 0.161. The minimum Gasteiger partial charge on any atom is -0.403 e. The molecule has 1 nitrogen and oxygen atoms in total. The Hall–Kier alpha value is -1.78. The van der Waals surface area contributed by atoms with Crippen LogP contribution in [-0.2, 0) is 0 Å². The summed E-state index contributed by atoms with van der Waals surface area (Å²) in [6.45, 7) is 2.22. The average molecular weight is 382 g/mol. The van der Waals surface area contributed by atoms with Gasteiger partial charge in [0.25, 0.3) is 0 Å². The molecule has 0 aromatic heterocycles. The molecule has 0 aliphatic heterocycles. The molecule has 0 bridgehead atoms. The van der Waals surface area contributed by atoms with Crippen molar-refractivity contribution in [3.8, 4) is 5.75 Å². The molecule has 0 atom stereocenters. The molecular formula is C22H26F4O. The van der Waals surface area contributed by atoms with E-state index < -0.39 is 17.9 Å². The van der Waals surface area contributed by atoms with E-state index in [-0.39, 0.29) is 5.39 Å². The predicted molar refractivity (Wildman–Crippen MR) is 99.4 cm³/mol. The maximum Gasteiger partial charge on any atom is 0.573 e. The number of hydrogen-bond acceptors (Lipinski definition) is 1. The van der Waals surface area contributed by atoms with Crippen molar-refractivity contribution in [2.75, 3.05) is 0 Å². The van der Waals surface area contributed by atoms with Gasteiger partial charge in [0, 0.05) is 5.39 Å². The lowest BCUT2D eigenvalue weighted by Gasteiger charge is -2.29. The fourth-order valence-electron chi connectivity index (χ4n) is 4.22. The summed E-state index contributed by atoms with van der Waals surface area (Å²) in [6.07, 6.45) is 4.96. The van der Waals surface area contributed by atoms with Crippen molar-refractivity contribution in [2.24, 2.45) is 5.92 Å². The van der Waals surface area contributed by atoms with Crippen LogP contribution in [0.2, 0.25) is 0 Å². The number of unbranched alkanes of at least 4 members (excludes halogenated alkanes) is 2. The zero-order valence-electron chi connectivity index (χ0n) is 15.6. The summed E-state index contributed by atoms with van der Waals surface area (Å²) >= 11 is 0. The second kappa shape index (κ2) is 8.49. The van der Waals surface area contributed by atoms with Crippen LogP contribution in [0.4, 0.5) is 17.6 Å². The first-order valence-electron chi connectivity index (χ1n) is 9.85. The fourth-order valence-corrected chi connectivity index (χ4v) is 4.22. The van der Waals surface area contributed by atoms with Gasteiger partial charge in [-0.3, -0.25) is 0 Å². The summed E-state index contributed by atoms with van der Waals surface area (Å²) in [7, 11) is 0. The lowest BCUT2D eigenvalue weighted by molar-refractivity contribution is -0.275. The molecule has 1 aliphatic rings. The highest BCUT2D eigenvalue weighted by molar-refractivity contribution is 5.85. The van der Waals surface area contributed by atoms with Crippen molar-refractivity contribution in [3.63, 3.8) is 0 Å². The highest BCUT2D eigenvalue weighted by Gasteiger charge is 2.32. The Bertz CT molecular complexity index is 761. The van der Waals surface area contributed by atoms with Gasteiger partial charge < -0.3 is 4.74 Å². The summed E-state index contributed by atoms with van der Waals surface area (Å²) in [6, 6.07) is 7.90. The van der Waals surface area contributed by atoms with Gasteiger partial charge in [0.05, 0.1) is 0 Å². The molecule has 0 heterocycles. The average Bonchev–Trinajstić information content (AvgIpc) is 2.64.